The highest BCUT2D eigenvalue weighted by Crippen LogP contribution is 2.15. The van der Waals surface area contributed by atoms with Gasteiger partial charge < -0.3 is 10.6 Å². The molecule has 1 saturated heterocycles. The van der Waals surface area contributed by atoms with Crippen LogP contribution in [0.15, 0.2) is 29.2 Å². The maximum Gasteiger partial charge on any atom is 0.235 e. The van der Waals surface area contributed by atoms with Crippen molar-refractivity contribution in [1.29, 1.82) is 0 Å². The fourth-order valence-corrected chi connectivity index (χ4v) is 3.60. The van der Waals surface area contributed by atoms with Crippen molar-refractivity contribution in [3.8, 4) is 0 Å². The van der Waals surface area contributed by atoms with Crippen LogP contribution in [-0.2, 0) is 14.6 Å². The quantitative estimate of drug-likeness (QED) is 0.830. The van der Waals surface area contributed by atoms with E-state index < -0.39 is 21.5 Å². The summed E-state index contributed by atoms with van der Waals surface area (Å²) in [5.41, 5.74) is 0. The lowest BCUT2D eigenvalue weighted by Gasteiger charge is -2.22. The monoisotopic (exact) mass is 366 g/mol. The fourth-order valence-electron chi connectivity index (χ4n) is 2.31. The number of halogens is 2. The summed E-state index contributed by atoms with van der Waals surface area (Å²) in [6, 6.07) is 5.83. The Morgan fingerprint density at radius 3 is 2.59 bits per heavy atom. The number of hydrogen-bond donors (Lipinski definition) is 2. The maximum atomic E-state index is 12.1. The average molecular weight is 367 g/mol. The standard InChI is InChI=1S/C14H19ClN2O3S.ClH/c15-12-3-5-13(6-4-12)21(19,20)10-14(18)17-9-11-2-1-7-16-8-11;/h3-6,11,16H,1-2,7-10H2,(H,17,18);1H. The van der Waals surface area contributed by atoms with Crippen LogP contribution in [-0.4, -0.2) is 39.7 Å². The lowest BCUT2D eigenvalue weighted by molar-refractivity contribution is -0.118. The summed E-state index contributed by atoms with van der Waals surface area (Å²) in [4.78, 5) is 11.9. The highest BCUT2D eigenvalue weighted by Gasteiger charge is 2.20. The van der Waals surface area contributed by atoms with Crippen molar-refractivity contribution in [3.63, 3.8) is 0 Å². The summed E-state index contributed by atoms with van der Waals surface area (Å²) >= 11 is 5.72. The Labute approximate surface area is 142 Å². The van der Waals surface area contributed by atoms with Gasteiger partial charge in [0.05, 0.1) is 4.90 Å². The number of nitrogens with one attached hydrogen (secondary N) is 2. The molecule has 8 heteroatoms. The molecule has 1 aromatic carbocycles. The summed E-state index contributed by atoms with van der Waals surface area (Å²) in [6.07, 6.45) is 2.14. The molecule has 1 unspecified atom stereocenters. The first-order valence-electron chi connectivity index (χ1n) is 6.93. The molecule has 1 fully saturated rings. The third-order valence-electron chi connectivity index (χ3n) is 3.48. The Balaban J connectivity index is 0.00000242. The van der Waals surface area contributed by atoms with Gasteiger partial charge in [-0.05, 0) is 56.1 Å². The molecule has 1 aromatic rings. The molecule has 0 aromatic heterocycles. The molecule has 22 heavy (non-hydrogen) atoms. The summed E-state index contributed by atoms with van der Waals surface area (Å²) in [7, 11) is -3.62. The van der Waals surface area contributed by atoms with Gasteiger partial charge in [-0.15, -0.1) is 12.4 Å². The van der Waals surface area contributed by atoms with Crippen LogP contribution >= 0.6 is 24.0 Å². The predicted molar refractivity (Wildman–Crippen MR) is 89.4 cm³/mol. The van der Waals surface area contributed by atoms with E-state index in [-0.39, 0.29) is 17.3 Å². The van der Waals surface area contributed by atoms with Gasteiger partial charge in [-0.2, -0.15) is 0 Å². The summed E-state index contributed by atoms with van der Waals surface area (Å²) < 4.78 is 24.2. The van der Waals surface area contributed by atoms with Crippen LogP contribution in [0.1, 0.15) is 12.8 Å². The molecule has 124 valence electrons. The van der Waals surface area contributed by atoms with Gasteiger partial charge in [-0.25, -0.2) is 8.42 Å². The van der Waals surface area contributed by atoms with Crippen molar-refractivity contribution in [1.82, 2.24) is 10.6 Å². The second-order valence-corrected chi connectivity index (χ2v) is 7.66. The van der Waals surface area contributed by atoms with Gasteiger partial charge >= 0.3 is 0 Å². The molecule has 0 saturated carbocycles. The van der Waals surface area contributed by atoms with Crippen molar-refractivity contribution in [2.24, 2.45) is 5.92 Å². The zero-order valence-electron chi connectivity index (χ0n) is 12.0. The molecule has 1 aliphatic heterocycles. The number of carbonyl (C=O) groups is 1. The predicted octanol–water partition coefficient (Wildman–Crippen LogP) is 1.65. The first-order valence-corrected chi connectivity index (χ1v) is 8.96. The molecule has 0 radical (unpaired) electrons. The lowest BCUT2D eigenvalue weighted by Crippen LogP contribution is -2.39. The van der Waals surface area contributed by atoms with E-state index in [1.54, 1.807) is 0 Å². The molecular formula is C14H20Cl2N2O3S. The largest absolute Gasteiger partial charge is 0.355 e. The highest BCUT2D eigenvalue weighted by atomic mass is 35.5. The molecule has 1 aliphatic rings. The van der Waals surface area contributed by atoms with E-state index in [9.17, 15) is 13.2 Å². The maximum absolute atomic E-state index is 12.1. The molecular weight excluding hydrogens is 347 g/mol. The topological polar surface area (TPSA) is 75.3 Å². The van der Waals surface area contributed by atoms with E-state index in [0.717, 1.165) is 25.9 Å². The van der Waals surface area contributed by atoms with Crippen molar-refractivity contribution in [3.05, 3.63) is 29.3 Å². The van der Waals surface area contributed by atoms with Gasteiger partial charge in [-0.3, -0.25) is 4.79 Å². The van der Waals surface area contributed by atoms with Crippen LogP contribution in [0.2, 0.25) is 5.02 Å². The zero-order chi connectivity index (χ0) is 15.3. The second kappa shape index (κ2) is 8.72. The van der Waals surface area contributed by atoms with Crippen LogP contribution < -0.4 is 10.6 Å². The summed E-state index contributed by atoms with van der Waals surface area (Å²) in [6.45, 7) is 2.39. The molecule has 0 bridgehead atoms. The van der Waals surface area contributed by atoms with Gasteiger partial charge in [-0.1, -0.05) is 11.6 Å². The minimum Gasteiger partial charge on any atom is -0.355 e. The lowest BCUT2D eigenvalue weighted by atomic mass is 10.00. The Kier molecular flexibility index (Phi) is 7.62. The van der Waals surface area contributed by atoms with Gasteiger partial charge in [0.2, 0.25) is 5.91 Å². The van der Waals surface area contributed by atoms with E-state index in [2.05, 4.69) is 10.6 Å². The number of rotatable bonds is 5. The van der Waals surface area contributed by atoms with Crippen molar-refractivity contribution in [2.45, 2.75) is 17.7 Å². The molecule has 1 heterocycles. The minimum absolute atomic E-state index is 0. The molecule has 2 N–H and O–H groups in total. The Hall–Kier alpha value is -0.820. The van der Waals surface area contributed by atoms with E-state index in [4.69, 9.17) is 11.6 Å². The van der Waals surface area contributed by atoms with Gasteiger partial charge in [0.1, 0.15) is 5.75 Å². The average Bonchev–Trinajstić information content (AvgIpc) is 2.46. The molecule has 1 amide bonds. The highest BCUT2D eigenvalue weighted by molar-refractivity contribution is 7.92. The van der Waals surface area contributed by atoms with E-state index in [1.807, 2.05) is 0 Å². The summed E-state index contributed by atoms with van der Waals surface area (Å²) in [5, 5.41) is 6.42. The van der Waals surface area contributed by atoms with E-state index >= 15 is 0 Å². The van der Waals surface area contributed by atoms with Crippen LogP contribution in [0.3, 0.4) is 0 Å². The van der Waals surface area contributed by atoms with Gasteiger partial charge in [0, 0.05) is 11.6 Å². The molecule has 0 aliphatic carbocycles. The first-order chi connectivity index (χ1) is 9.97. The second-order valence-electron chi connectivity index (χ2n) is 5.23. The first kappa shape index (κ1) is 19.2. The van der Waals surface area contributed by atoms with Crippen LogP contribution in [0, 0.1) is 5.92 Å². The van der Waals surface area contributed by atoms with Crippen molar-refractivity contribution < 1.29 is 13.2 Å². The fraction of sp³-hybridized carbons (Fsp3) is 0.500. The van der Waals surface area contributed by atoms with E-state index in [0.29, 0.717) is 17.5 Å². The van der Waals surface area contributed by atoms with Gasteiger partial charge in [0.25, 0.3) is 0 Å². The molecule has 0 spiro atoms. The van der Waals surface area contributed by atoms with Crippen LogP contribution in [0.25, 0.3) is 0 Å². The van der Waals surface area contributed by atoms with Crippen LogP contribution in [0.4, 0.5) is 0 Å². The Morgan fingerprint density at radius 2 is 2.00 bits per heavy atom. The van der Waals surface area contributed by atoms with Crippen molar-refractivity contribution >= 4 is 39.8 Å². The van der Waals surface area contributed by atoms with Gasteiger partial charge in [0.15, 0.2) is 9.84 Å². The molecule has 1 atom stereocenters. The third-order valence-corrected chi connectivity index (χ3v) is 5.37. The minimum atomic E-state index is -3.62. The van der Waals surface area contributed by atoms with Crippen LogP contribution in [0.5, 0.6) is 0 Å². The Morgan fingerprint density at radius 1 is 1.32 bits per heavy atom. The number of sulfone groups is 1. The number of piperidine rings is 1. The SMILES string of the molecule is Cl.O=C(CS(=O)(=O)c1ccc(Cl)cc1)NCC1CCCNC1. The van der Waals surface area contributed by atoms with E-state index in [1.165, 1.54) is 24.3 Å². The number of carbonyl (C=O) groups excluding carboxylic acids is 1. The third kappa shape index (κ3) is 5.76. The number of amides is 1. The Bertz CT molecular complexity index is 585. The summed E-state index contributed by atoms with van der Waals surface area (Å²) in [5.74, 6) is -0.620. The van der Waals surface area contributed by atoms with Crippen molar-refractivity contribution in [2.75, 3.05) is 25.4 Å². The number of hydrogen-bond acceptors (Lipinski definition) is 4. The zero-order valence-corrected chi connectivity index (χ0v) is 14.4. The smallest absolute Gasteiger partial charge is 0.235 e. The number of benzene rings is 1. The molecule has 5 nitrogen and oxygen atoms in total. The molecule has 2 rings (SSSR count). The normalized spacial score (nSPS) is 18.3.